The molecule has 1 aliphatic carbocycles. The first kappa shape index (κ1) is 15.2. The molecule has 0 heterocycles. The second-order valence-electron chi connectivity index (χ2n) is 6.70. The number of fused-ring (bicyclic) bond motifs is 3. The summed E-state index contributed by atoms with van der Waals surface area (Å²) in [6, 6.07) is 23.3. The van der Waals surface area contributed by atoms with Crippen molar-refractivity contribution < 1.29 is 0 Å². The first-order valence-corrected chi connectivity index (χ1v) is 8.76. The SMILES string of the molecule is CC1(C)c2ccc(Br)cc2-c2c(C#N)ccc(-c3ccccc3)c21. The lowest BCUT2D eigenvalue weighted by Gasteiger charge is -2.24. The van der Waals surface area contributed by atoms with Crippen LogP contribution in [0.5, 0.6) is 0 Å². The number of benzene rings is 3. The van der Waals surface area contributed by atoms with E-state index >= 15 is 0 Å². The van der Waals surface area contributed by atoms with E-state index in [4.69, 9.17) is 0 Å². The monoisotopic (exact) mass is 373 g/mol. The van der Waals surface area contributed by atoms with Gasteiger partial charge in [0, 0.05) is 15.5 Å². The minimum absolute atomic E-state index is 0.136. The molecule has 0 fully saturated rings. The summed E-state index contributed by atoms with van der Waals surface area (Å²) >= 11 is 3.58. The van der Waals surface area contributed by atoms with Crippen molar-refractivity contribution >= 4 is 15.9 Å². The molecular formula is C22H16BrN. The quantitative estimate of drug-likeness (QED) is 0.491. The smallest absolute Gasteiger partial charge is 0.0998 e. The normalized spacial score (nSPS) is 13.9. The Bertz CT molecular complexity index is 994. The second-order valence-corrected chi connectivity index (χ2v) is 7.62. The summed E-state index contributed by atoms with van der Waals surface area (Å²) in [5, 5.41) is 9.67. The van der Waals surface area contributed by atoms with Crippen LogP contribution in [0.25, 0.3) is 22.3 Å². The van der Waals surface area contributed by atoms with E-state index in [0.29, 0.717) is 0 Å². The van der Waals surface area contributed by atoms with Crippen molar-refractivity contribution in [1.82, 2.24) is 0 Å². The van der Waals surface area contributed by atoms with Gasteiger partial charge in [-0.05, 0) is 46.0 Å². The van der Waals surface area contributed by atoms with Crippen LogP contribution in [-0.2, 0) is 5.41 Å². The van der Waals surface area contributed by atoms with Gasteiger partial charge in [-0.15, -0.1) is 0 Å². The van der Waals surface area contributed by atoms with Crippen LogP contribution in [-0.4, -0.2) is 0 Å². The Kier molecular flexibility index (Phi) is 3.37. The molecule has 0 aromatic heterocycles. The molecule has 116 valence electrons. The van der Waals surface area contributed by atoms with Crippen LogP contribution in [0, 0.1) is 11.3 Å². The van der Waals surface area contributed by atoms with Gasteiger partial charge < -0.3 is 0 Å². The summed E-state index contributed by atoms with van der Waals surface area (Å²) in [5.74, 6) is 0. The van der Waals surface area contributed by atoms with Gasteiger partial charge in [-0.1, -0.05) is 72.2 Å². The lowest BCUT2D eigenvalue weighted by Crippen LogP contribution is -2.16. The van der Waals surface area contributed by atoms with E-state index in [1.807, 2.05) is 12.1 Å². The first-order valence-electron chi connectivity index (χ1n) is 7.97. The fraction of sp³-hybridized carbons (Fsp3) is 0.136. The molecule has 1 aliphatic rings. The van der Waals surface area contributed by atoms with E-state index in [1.54, 1.807) is 0 Å². The van der Waals surface area contributed by atoms with Gasteiger partial charge in [0.25, 0.3) is 0 Å². The predicted octanol–water partition coefficient (Wildman–Crippen LogP) is 6.29. The molecule has 0 atom stereocenters. The largest absolute Gasteiger partial charge is 0.192 e. The number of hydrogen-bond donors (Lipinski definition) is 0. The predicted molar refractivity (Wildman–Crippen MR) is 102 cm³/mol. The van der Waals surface area contributed by atoms with E-state index in [-0.39, 0.29) is 5.41 Å². The summed E-state index contributed by atoms with van der Waals surface area (Å²) in [6.07, 6.45) is 0. The minimum atomic E-state index is -0.136. The van der Waals surface area contributed by atoms with Gasteiger partial charge in [-0.3, -0.25) is 0 Å². The van der Waals surface area contributed by atoms with Gasteiger partial charge in [-0.2, -0.15) is 5.26 Å². The van der Waals surface area contributed by atoms with Crippen molar-refractivity contribution in [3.05, 3.63) is 81.8 Å². The molecule has 0 N–H and O–H groups in total. The fourth-order valence-corrected chi connectivity index (χ4v) is 4.25. The van der Waals surface area contributed by atoms with Crippen LogP contribution in [0.1, 0.15) is 30.5 Å². The zero-order valence-electron chi connectivity index (χ0n) is 13.6. The van der Waals surface area contributed by atoms with Crippen LogP contribution in [0.2, 0.25) is 0 Å². The zero-order valence-corrected chi connectivity index (χ0v) is 15.2. The molecule has 0 unspecified atom stereocenters. The van der Waals surface area contributed by atoms with E-state index < -0.39 is 0 Å². The lowest BCUT2D eigenvalue weighted by atomic mass is 9.78. The number of hydrogen-bond acceptors (Lipinski definition) is 1. The van der Waals surface area contributed by atoms with Crippen molar-refractivity contribution in [2.75, 3.05) is 0 Å². The maximum atomic E-state index is 9.67. The maximum Gasteiger partial charge on any atom is 0.0998 e. The first-order chi connectivity index (χ1) is 11.5. The molecule has 3 aromatic carbocycles. The molecule has 4 rings (SSSR count). The highest BCUT2D eigenvalue weighted by molar-refractivity contribution is 9.10. The van der Waals surface area contributed by atoms with Gasteiger partial charge in [-0.25, -0.2) is 0 Å². The molecule has 0 saturated carbocycles. The van der Waals surface area contributed by atoms with Crippen LogP contribution < -0.4 is 0 Å². The highest BCUT2D eigenvalue weighted by Gasteiger charge is 2.39. The second kappa shape index (κ2) is 5.33. The standard InChI is InChI=1S/C22H16BrN/c1-22(2)19-11-9-16(23)12-18(19)20-15(13-24)8-10-17(21(20)22)14-6-4-3-5-7-14/h3-12H,1-2H3. The Balaban J connectivity index is 2.13. The Morgan fingerprint density at radius 2 is 1.67 bits per heavy atom. The Labute approximate surface area is 150 Å². The molecule has 3 aromatic rings. The Morgan fingerprint density at radius 3 is 2.38 bits per heavy atom. The minimum Gasteiger partial charge on any atom is -0.192 e. The van der Waals surface area contributed by atoms with Crippen LogP contribution >= 0.6 is 15.9 Å². The third-order valence-electron chi connectivity index (χ3n) is 4.96. The lowest BCUT2D eigenvalue weighted by molar-refractivity contribution is 0.662. The summed E-state index contributed by atoms with van der Waals surface area (Å²) in [7, 11) is 0. The van der Waals surface area contributed by atoms with Crippen molar-refractivity contribution in [2.45, 2.75) is 19.3 Å². The molecule has 0 bridgehead atoms. The van der Waals surface area contributed by atoms with Gasteiger partial charge in [0.05, 0.1) is 11.6 Å². The van der Waals surface area contributed by atoms with Crippen LogP contribution in [0.15, 0.2) is 65.1 Å². The van der Waals surface area contributed by atoms with Gasteiger partial charge >= 0.3 is 0 Å². The summed E-state index contributed by atoms with van der Waals surface area (Å²) < 4.78 is 1.04. The molecule has 0 amide bonds. The molecule has 2 heteroatoms. The number of nitriles is 1. The van der Waals surface area contributed by atoms with Crippen molar-refractivity contribution in [1.29, 1.82) is 5.26 Å². The summed E-state index contributed by atoms with van der Waals surface area (Å²) in [4.78, 5) is 0. The maximum absolute atomic E-state index is 9.67. The molecule has 0 spiro atoms. The number of halogens is 1. The number of nitrogens with zero attached hydrogens (tertiary/aromatic N) is 1. The molecule has 0 aliphatic heterocycles. The van der Waals surface area contributed by atoms with E-state index in [1.165, 1.54) is 27.8 Å². The molecule has 0 saturated heterocycles. The summed E-state index contributed by atoms with van der Waals surface area (Å²) in [6.45, 7) is 4.50. The summed E-state index contributed by atoms with van der Waals surface area (Å²) in [5.41, 5.74) is 7.79. The van der Waals surface area contributed by atoms with Crippen molar-refractivity contribution in [3.63, 3.8) is 0 Å². The fourth-order valence-electron chi connectivity index (χ4n) is 3.89. The van der Waals surface area contributed by atoms with E-state index in [0.717, 1.165) is 15.6 Å². The Hall–Kier alpha value is -2.37. The Morgan fingerprint density at radius 1 is 0.917 bits per heavy atom. The van der Waals surface area contributed by atoms with Gasteiger partial charge in [0.15, 0.2) is 0 Å². The molecule has 1 nitrogen and oxygen atoms in total. The van der Waals surface area contributed by atoms with Gasteiger partial charge in [0.1, 0.15) is 0 Å². The average Bonchev–Trinajstić information content (AvgIpc) is 2.83. The molecule has 24 heavy (non-hydrogen) atoms. The van der Waals surface area contributed by atoms with Crippen LogP contribution in [0.3, 0.4) is 0 Å². The molecular weight excluding hydrogens is 358 g/mol. The van der Waals surface area contributed by atoms with Gasteiger partial charge in [0.2, 0.25) is 0 Å². The van der Waals surface area contributed by atoms with Crippen molar-refractivity contribution in [3.8, 4) is 28.3 Å². The van der Waals surface area contributed by atoms with Crippen molar-refractivity contribution in [2.24, 2.45) is 0 Å². The van der Waals surface area contributed by atoms with E-state index in [2.05, 4.69) is 84.4 Å². The molecule has 0 radical (unpaired) electrons. The topological polar surface area (TPSA) is 23.8 Å². The third-order valence-corrected chi connectivity index (χ3v) is 5.45. The highest BCUT2D eigenvalue weighted by atomic mass is 79.9. The van der Waals surface area contributed by atoms with Crippen LogP contribution in [0.4, 0.5) is 0 Å². The third kappa shape index (κ3) is 2.05. The average molecular weight is 374 g/mol. The highest BCUT2D eigenvalue weighted by Crippen LogP contribution is 2.53. The van der Waals surface area contributed by atoms with E-state index in [9.17, 15) is 5.26 Å². The number of rotatable bonds is 1. The zero-order chi connectivity index (χ0) is 16.9.